The van der Waals surface area contributed by atoms with E-state index in [9.17, 15) is 106 Å². The molecule has 5 heterocycles. The molecule has 4 aliphatic rings. The number of hydrogen-bond acceptors (Lipinski definition) is 35. The molecule has 0 bridgehead atoms. The third-order valence-electron chi connectivity index (χ3n) is 17.1. The molecule has 10 rings (SSSR count). The fourth-order valence-corrected chi connectivity index (χ4v) is 11.3. The summed E-state index contributed by atoms with van der Waals surface area (Å²) in [6.07, 6.45) is -33.7. The van der Waals surface area contributed by atoms with E-state index in [-0.39, 0.29) is 50.8 Å². The monoisotopic (exact) mass is 1520 g/mol. The van der Waals surface area contributed by atoms with Gasteiger partial charge < -0.3 is 153 Å². The minimum Gasteiger partial charge on any atom is -0.507 e. The van der Waals surface area contributed by atoms with Gasteiger partial charge in [-0.05, 0) is 83.4 Å². The van der Waals surface area contributed by atoms with Crippen molar-refractivity contribution in [2.75, 3.05) is 40.6 Å². The van der Waals surface area contributed by atoms with Crippen LogP contribution < -0.4 is 23.7 Å². The summed E-state index contributed by atoms with van der Waals surface area (Å²) in [6, 6.07) is 20.1. The predicted octanol–water partition coefficient (Wildman–Crippen LogP) is -0.895. The molecule has 0 saturated carbocycles. The molecule has 37 nitrogen and oxygen atoms in total. The molecule has 4 aliphatic heterocycles. The van der Waals surface area contributed by atoms with E-state index in [2.05, 4.69) is 0 Å². The Labute approximate surface area is 609 Å². The third-order valence-corrected chi connectivity index (χ3v) is 17.1. The lowest BCUT2D eigenvalue weighted by Gasteiger charge is -2.46. The zero-order valence-corrected chi connectivity index (χ0v) is 56.6. The second kappa shape index (κ2) is 35.4. The maximum atomic E-state index is 13.6. The Morgan fingerprint density at radius 3 is 1.48 bits per heavy atom. The highest BCUT2D eigenvalue weighted by atomic mass is 16.8. The summed E-state index contributed by atoms with van der Waals surface area (Å²) in [5, 5.41) is 183. The summed E-state index contributed by atoms with van der Waals surface area (Å²) in [4.78, 5) is 63.0. The molecular weight excluding hydrogens is 1440 g/mol. The number of carboxylic acids is 1. The van der Waals surface area contributed by atoms with Crippen LogP contribution in [-0.4, -0.2) is 280 Å². The van der Waals surface area contributed by atoms with Gasteiger partial charge in [-0.25, -0.2) is 18.8 Å². The number of aliphatic carboxylic acids is 1. The first-order valence-corrected chi connectivity index (χ1v) is 32.7. The number of carbonyl (C=O) groups is 5. The molecule has 0 aliphatic carbocycles. The van der Waals surface area contributed by atoms with Gasteiger partial charge in [-0.3, -0.25) is 9.59 Å². The number of rotatable bonds is 27. The molecule has 17 N–H and O–H groups in total. The topological polar surface area (TPSA) is 570 Å². The fraction of sp³-hybridized carbons (Fsp3) is 0.380. The van der Waals surface area contributed by atoms with Crippen LogP contribution in [0.25, 0.3) is 40.5 Å². The molecule has 20 atom stereocenters. The average Bonchev–Trinajstić information content (AvgIpc) is 0.764. The lowest BCUT2D eigenvalue weighted by atomic mass is 9.97. The zero-order chi connectivity index (χ0) is 77.9. The standard InChI is InChI=1S/C71H74O37/c1-94-43-19-31(5-13-38(43)75)8-17-52(81)96-27-47-56(85)59(88)63(92)68(104-47)99-35-11-3-30(4-12-35)7-16-51(80)97-28-49-58(87)62(91)67(108-71-66(61(90)55(84)46(26-72)103-71)107-53(82)18-9-32-6-14-39(76)44(20-32)95-2)70(106-49)102-45-24-36-41(100-65(45)33-10-15-37(74)40(77)21-33)22-34(73)23-42(36)101-69-64(93)60(89)57(86)48(105-69)29-98-54(83)25-50(78)79/h3-24,46-49,55-64,66-72,84-93H,25-29H2,1-2H3,(H5-,73,74,75,76,77,78,79,81,82)/p+1/b16-7+/t46-,47-,48-,49-,55-,56-,57-,58-,59+,60+,61+,62+,63-,64-,66-,67-,68-,69-,70-,71+/m1/s1. The number of hydrogen-bond donors (Lipinski definition) is 17. The summed E-state index contributed by atoms with van der Waals surface area (Å²) >= 11 is 0. The number of esters is 4. The van der Waals surface area contributed by atoms with Gasteiger partial charge in [-0.15, -0.1) is 0 Å². The number of carbonyl (C=O) groups excluding carboxylic acids is 4. The van der Waals surface area contributed by atoms with Crippen LogP contribution in [0.2, 0.25) is 0 Å². The molecule has 5 aromatic carbocycles. The quantitative estimate of drug-likeness (QED) is 0.00742. The van der Waals surface area contributed by atoms with Crippen molar-refractivity contribution in [3.8, 4) is 68.8 Å². The predicted molar refractivity (Wildman–Crippen MR) is 357 cm³/mol. The zero-order valence-electron chi connectivity index (χ0n) is 56.6. The second-order valence-electron chi connectivity index (χ2n) is 24.6. The minimum atomic E-state index is -2.31. The number of aliphatic hydroxyl groups is 11. The lowest BCUT2D eigenvalue weighted by molar-refractivity contribution is -0.358. The number of methoxy groups -OCH3 is 2. The van der Waals surface area contributed by atoms with E-state index in [1.54, 1.807) is 0 Å². The highest BCUT2D eigenvalue weighted by Crippen LogP contribution is 2.45. The van der Waals surface area contributed by atoms with E-state index in [1.807, 2.05) is 0 Å². The number of aromatic hydroxyl groups is 5. The van der Waals surface area contributed by atoms with Gasteiger partial charge in [0.15, 0.2) is 53.0 Å². The number of ether oxygens (including phenoxy) is 14. The molecule has 580 valence electrons. The van der Waals surface area contributed by atoms with Crippen LogP contribution in [0.15, 0.2) is 120 Å². The van der Waals surface area contributed by atoms with Crippen LogP contribution in [0.4, 0.5) is 0 Å². The number of fused-ring (bicyclic) bond motifs is 1. The first-order chi connectivity index (χ1) is 51.5. The van der Waals surface area contributed by atoms with E-state index >= 15 is 0 Å². The van der Waals surface area contributed by atoms with Crippen LogP contribution in [0.5, 0.6) is 57.5 Å². The third kappa shape index (κ3) is 19.2. The summed E-state index contributed by atoms with van der Waals surface area (Å²) in [5.74, 6) is -9.71. The fourth-order valence-electron chi connectivity index (χ4n) is 11.3. The molecular formula is C71H75O37+. The molecule has 0 unspecified atom stereocenters. The van der Waals surface area contributed by atoms with Crippen LogP contribution in [0.1, 0.15) is 23.1 Å². The van der Waals surface area contributed by atoms with Crippen LogP contribution in [-0.2, 0) is 66.6 Å². The minimum absolute atomic E-state index is 0.0217. The van der Waals surface area contributed by atoms with Crippen LogP contribution >= 0.6 is 0 Å². The summed E-state index contributed by atoms with van der Waals surface area (Å²) in [5.41, 5.74) is 0.599. The summed E-state index contributed by atoms with van der Waals surface area (Å²) in [7, 11) is 2.62. The Kier molecular flexibility index (Phi) is 26.2. The molecule has 6 aromatic rings. The highest BCUT2D eigenvalue weighted by Gasteiger charge is 2.54. The Bertz CT molecular complexity index is 4260. The van der Waals surface area contributed by atoms with Crippen molar-refractivity contribution in [3.63, 3.8) is 0 Å². The van der Waals surface area contributed by atoms with Crippen molar-refractivity contribution in [2.45, 2.75) is 129 Å². The van der Waals surface area contributed by atoms with E-state index in [0.717, 1.165) is 48.6 Å². The van der Waals surface area contributed by atoms with E-state index in [4.69, 9.17) is 75.8 Å². The Hall–Kier alpha value is -10.6. The van der Waals surface area contributed by atoms with Gasteiger partial charge in [0.05, 0.1) is 32.5 Å². The van der Waals surface area contributed by atoms with Gasteiger partial charge in [0.2, 0.25) is 24.6 Å². The SMILES string of the molecule is COc1cc(C=CC(=O)OC[C@H]2O[C@@H](Oc3ccc(/C=C/C(=O)OC[C@H]4O[C@@H](Oc5cc6c(O[C@@H]7O[C@H](COC(=O)CC(=O)O)[C@@H](O)[C@H](O)[C@H]7O)cc(O)cc6[o+]c5-c5ccc(O)c(O)c5)[C@H](O[C@@H]5O[C@H](CO)[C@@H](O)[C@H](O)[C@H]5OC(=O)C=Cc5ccc(O)c(OC)c5)[C@@H](O)[C@@H]4O)cc3)[C@H](O)[C@@H](O)[C@@H]2O)ccc1O. The van der Waals surface area contributed by atoms with Crippen molar-refractivity contribution in [1.82, 2.24) is 0 Å². The van der Waals surface area contributed by atoms with Crippen molar-refractivity contribution < 1.29 is 182 Å². The summed E-state index contributed by atoms with van der Waals surface area (Å²) < 4.78 is 85.6. The van der Waals surface area contributed by atoms with Gasteiger partial charge in [-0.1, -0.05) is 24.3 Å². The Balaban J connectivity index is 0.911. The number of aliphatic hydroxyl groups excluding tert-OH is 11. The van der Waals surface area contributed by atoms with Crippen molar-refractivity contribution in [3.05, 3.63) is 132 Å². The van der Waals surface area contributed by atoms with Crippen molar-refractivity contribution in [2.24, 2.45) is 0 Å². The second-order valence-corrected chi connectivity index (χ2v) is 24.6. The smallest absolute Gasteiger partial charge is 0.402 e. The van der Waals surface area contributed by atoms with Gasteiger partial charge >= 0.3 is 41.2 Å². The largest absolute Gasteiger partial charge is 0.507 e. The molecule has 1 aromatic heterocycles. The van der Waals surface area contributed by atoms with E-state index in [1.165, 1.54) is 99.2 Å². The van der Waals surface area contributed by atoms with Gasteiger partial charge in [0.1, 0.15) is 134 Å². The number of benzene rings is 5. The summed E-state index contributed by atoms with van der Waals surface area (Å²) in [6.45, 7) is -3.44. The van der Waals surface area contributed by atoms with E-state index in [0.29, 0.717) is 11.1 Å². The first-order valence-electron chi connectivity index (χ1n) is 32.7. The van der Waals surface area contributed by atoms with Crippen molar-refractivity contribution in [1.29, 1.82) is 0 Å². The maximum absolute atomic E-state index is 13.6. The van der Waals surface area contributed by atoms with Crippen LogP contribution in [0, 0.1) is 0 Å². The normalized spacial score (nSPS) is 28.6. The average molecular weight is 1520 g/mol. The molecule has 0 radical (unpaired) electrons. The first kappa shape index (κ1) is 80.0. The van der Waals surface area contributed by atoms with E-state index < -0.39 is 220 Å². The molecule has 108 heavy (non-hydrogen) atoms. The molecule has 0 spiro atoms. The lowest BCUT2D eigenvalue weighted by Crippen LogP contribution is -2.65. The van der Waals surface area contributed by atoms with Crippen molar-refractivity contribution >= 4 is 59.0 Å². The Morgan fingerprint density at radius 1 is 0.444 bits per heavy atom. The molecule has 0 amide bonds. The number of carboxylic acid groups (broad SMARTS) is 1. The number of phenolic OH excluding ortho intramolecular Hbond substituents is 5. The maximum Gasteiger partial charge on any atom is 0.402 e. The number of phenols is 5. The Morgan fingerprint density at radius 2 is 0.926 bits per heavy atom. The molecule has 4 saturated heterocycles. The molecule has 37 heteroatoms. The van der Waals surface area contributed by atoms with Gasteiger partial charge in [0.25, 0.3) is 0 Å². The van der Waals surface area contributed by atoms with Gasteiger partial charge in [-0.2, -0.15) is 0 Å². The molecule has 4 fully saturated rings. The van der Waals surface area contributed by atoms with Crippen LogP contribution in [0.3, 0.4) is 0 Å². The highest BCUT2D eigenvalue weighted by molar-refractivity contribution is 5.91. The van der Waals surface area contributed by atoms with Gasteiger partial charge in [0, 0.05) is 36.4 Å².